The van der Waals surface area contributed by atoms with Crippen molar-refractivity contribution >= 4 is 0 Å². The molecule has 76 valence electrons. The second-order valence-corrected chi connectivity index (χ2v) is 4.88. The maximum absolute atomic E-state index is 10.2. The van der Waals surface area contributed by atoms with Crippen LogP contribution in [0.3, 0.4) is 0 Å². The van der Waals surface area contributed by atoms with Gasteiger partial charge >= 0.3 is 0 Å². The molecule has 0 aromatic heterocycles. The van der Waals surface area contributed by atoms with Crippen LogP contribution in [0.1, 0.15) is 40.0 Å². The number of aliphatic hydroxyl groups is 1. The van der Waals surface area contributed by atoms with Crippen LogP contribution in [0.2, 0.25) is 0 Å². The lowest BCUT2D eigenvalue weighted by Gasteiger charge is -2.41. The van der Waals surface area contributed by atoms with Gasteiger partial charge in [0.2, 0.25) is 0 Å². The van der Waals surface area contributed by atoms with Crippen LogP contribution in [-0.2, 0) is 0 Å². The highest BCUT2D eigenvalue weighted by molar-refractivity contribution is 5.03. The minimum atomic E-state index is -0.604. The lowest BCUT2D eigenvalue weighted by molar-refractivity contribution is -0.0260. The summed E-state index contributed by atoms with van der Waals surface area (Å²) in [6.07, 6.45) is 5.03. The Morgan fingerprint density at radius 2 is 2.08 bits per heavy atom. The number of rotatable bonds is 2. The van der Waals surface area contributed by atoms with Gasteiger partial charge in [-0.15, -0.1) is 6.58 Å². The molecule has 0 heterocycles. The molecule has 3 atom stereocenters. The fourth-order valence-corrected chi connectivity index (χ4v) is 2.29. The molecule has 1 fully saturated rings. The highest BCUT2D eigenvalue weighted by atomic mass is 16.3. The van der Waals surface area contributed by atoms with Gasteiger partial charge in [-0.1, -0.05) is 26.8 Å². The summed E-state index contributed by atoms with van der Waals surface area (Å²) < 4.78 is 0. The van der Waals surface area contributed by atoms with Gasteiger partial charge in [0.25, 0.3) is 0 Å². The molecule has 1 rings (SSSR count). The Morgan fingerprint density at radius 3 is 2.54 bits per heavy atom. The normalized spacial score (nSPS) is 40.7. The summed E-state index contributed by atoms with van der Waals surface area (Å²) in [5.41, 5.74) is -0.604. The fraction of sp³-hybridized carbons (Fsp3) is 0.833. The molecule has 1 heteroatoms. The van der Waals surface area contributed by atoms with E-state index in [0.29, 0.717) is 17.8 Å². The first kappa shape index (κ1) is 10.8. The Bertz CT molecular complexity index is 186. The molecule has 1 saturated carbocycles. The van der Waals surface area contributed by atoms with Gasteiger partial charge < -0.3 is 5.11 Å². The molecule has 0 aliphatic heterocycles. The fourth-order valence-electron chi connectivity index (χ4n) is 2.29. The van der Waals surface area contributed by atoms with Crippen LogP contribution in [0.25, 0.3) is 0 Å². The van der Waals surface area contributed by atoms with Crippen LogP contribution in [0, 0.1) is 17.8 Å². The second kappa shape index (κ2) is 3.83. The highest BCUT2D eigenvalue weighted by Crippen LogP contribution is 2.40. The molecular weight excluding hydrogens is 160 g/mol. The van der Waals surface area contributed by atoms with Gasteiger partial charge in [0.15, 0.2) is 0 Å². The smallest absolute Gasteiger partial charge is 0.0853 e. The van der Waals surface area contributed by atoms with Crippen LogP contribution in [-0.4, -0.2) is 10.7 Å². The Kier molecular flexibility index (Phi) is 3.18. The summed E-state index contributed by atoms with van der Waals surface area (Å²) in [5, 5.41) is 10.2. The van der Waals surface area contributed by atoms with E-state index >= 15 is 0 Å². The van der Waals surface area contributed by atoms with Crippen LogP contribution >= 0.6 is 0 Å². The van der Waals surface area contributed by atoms with Crippen molar-refractivity contribution in [3.05, 3.63) is 12.7 Å². The van der Waals surface area contributed by atoms with E-state index in [4.69, 9.17) is 0 Å². The highest BCUT2D eigenvalue weighted by Gasteiger charge is 2.38. The van der Waals surface area contributed by atoms with Gasteiger partial charge in [-0.2, -0.15) is 0 Å². The quantitative estimate of drug-likeness (QED) is 0.651. The largest absolute Gasteiger partial charge is 0.386 e. The summed E-state index contributed by atoms with van der Waals surface area (Å²) in [5.74, 6) is 1.72. The Hall–Kier alpha value is -0.300. The monoisotopic (exact) mass is 182 g/mol. The summed E-state index contributed by atoms with van der Waals surface area (Å²) in [4.78, 5) is 0. The molecule has 0 bridgehead atoms. The predicted octanol–water partition coefficient (Wildman–Crippen LogP) is 3.00. The maximum atomic E-state index is 10.2. The second-order valence-electron chi connectivity index (χ2n) is 4.88. The minimum absolute atomic E-state index is 0.375. The van der Waals surface area contributed by atoms with Crippen molar-refractivity contribution in [2.45, 2.75) is 45.6 Å². The predicted molar refractivity (Wildman–Crippen MR) is 56.5 cm³/mol. The van der Waals surface area contributed by atoms with Crippen LogP contribution in [0.4, 0.5) is 0 Å². The van der Waals surface area contributed by atoms with Crippen molar-refractivity contribution < 1.29 is 5.11 Å². The first-order chi connectivity index (χ1) is 5.99. The summed E-state index contributed by atoms with van der Waals surface area (Å²) in [6, 6.07) is 0. The third kappa shape index (κ3) is 2.14. The molecule has 1 nitrogen and oxygen atoms in total. The zero-order valence-corrected chi connectivity index (χ0v) is 9.09. The summed E-state index contributed by atoms with van der Waals surface area (Å²) in [6.45, 7) is 10.4. The zero-order valence-electron chi connectivity index (χ0n) is 9.09. The van der Waals surface area contributed by atoms with Crippen molar-refractivity contribution in [3.8, 4) is 0 Å². The van der Waals surface area contributed by atoms with Gasteiger partial charge in [0.05, 0.1) is 5.60 Å². The average Bonchev–Trinajstić information content (AvgIpc) is 2.09. The van der Waals surface area contributed by atoms with Crippen LogP contribution in [0.15, 0.2) is 12.7 Å². The minimum Gasteiger partial charge on any atom is -0.386 e. The number of hydrogen-bond acceptors (Lipinski definition) is 1. The summed E-state index contributed by atoms with van der Waals surface area (Å²) >= 11 is 0. The van der Waals surface area contributed by atoms with Crippen molar-refractivity contribution in [1.82, 2.24) is 0 Å². The van der Waals surface area contributed by atoms with E-state index in [9.17, 15) is 5.11 Å². The first-order valence-electron chi connectivity index (χ1n) is 5.35. The molecule has 0 amide bonds. The molecular formula is C12H22O. The molecule has 0 spiro atoms. The van der Waals surface area contributed by atoms with E-state index in [1.165, 1.54) is 6.42 Å². The molecule has 0 aromatic carbocycles. The van der Waals surface area contributed by atoms with Crippen molar-refractivity contribution in [2.75, 3.05) is 0 Å². The molecule has 0 aromatic rings. The number of hydrogen-bond donors (Lipinski definition) is 1. The van der Waals surface area contributed by atoms with Gasteiger partial charge in [-0.25, -0.2) is 0 Å². The third-order valence-electron chi connectivity index (χ3n) is 3.71. The Balaban J connectivity index is 2.68. The lowest BCUT2D eigenvalue weighted by atomic mass is 9.68. The SMILES string of the molecule is C=C[C@]1(O)C[C@H](C(C)C)CC[C@@H]1C. The zero-order chi connectivity index (χ0) is 10.1. The van der Waals surface area contributed by atoms with Gasteiger partial charge in [-0.05, 0) is 37.0 Å². The van der Waals surface area contributed by atoms with E-state index in [-0.39, 0.29) is 0 Å². The standard InChI is InChI=1S/C12H22O/c1-5-12(13)8-11(9(2)3)7-6-10(12)4/h5,9-11,13H,1,6-8H2,2-4H3/t10-,11+,12-/m0/s1. The van der Waals surface area contributed by atoms with Crippen LogP contribution in [0.5, 0.6) is 0 Å². The van der Waals surface area contributed by atoms with Crippen molar-refractivity contribution in [3.63, 3.8) is 0 Å². The van der Waals surface area contributed by atoms with Crippen molar-refractivity contribution in [1.29, 1.82) is 0 Å². The topological polar surface area (TPSA) is 20.2 Å². The van der Waals surface area contributed by atoms with E-state index in [1.54, 1.807) is 6.08 Å². The molecule has 13 heavy (non-hydrogen) atoms. The molecule has 0 radical (unpaired) electrons. The third-order valence-corrected chi connectivity index (χ3v) is 3.71. The first-order valence-corrected chi connectivity index (χ1v) is 5.35. The molecule has 1 aliphatic carbocycles. The Labute approximate surface area is 81.9 Å². The molecule has 0 saturated heterocycles. The van der Waals surface area contributed by atoms with Gasteiger partial charge in [0, 0.05) is 0 Å². The van der Waals surface area contributed by atoms with E-state index in [1.807, 2.05) is 0 Å². The Morgan fingerprint density at radius 1 is 1.46 bits per heavy atom. The van der Waals surface area contributed by atoms with E-state index in [0.717, 1.165) is 12.8 Å². The van der Waals surface area contributed by atoms with E-state index < -0.39 is 5.60 Å². The maximum Gasteiger partial charge on any atom is 0.0853 e. The summed E-state index contributed by atoms with van der Waals surface area (Å²) in [7, 11) is 0. The van der Waals surface area contributed by atoms with Crippen molar-refractivity contribution in [2.24, 2.45) is 17.8 Å². The molecule has 0 unspecified atom stereocenters. The average molecular weight is 182 g/mol. The van der Waals surface area contributed by atoms with Crippen LogP contribution < -0.4 is 0 Å². The van der Waals surface area contributed by atoms with E-state index in [2.05, 4.69) is 27.4 Å². The lowest BCUT2D eigenvalue weighted by Crippen LogP contribution is -2.41. The van der Waals surface area contributed by atoms with Gasteiger partial charge in [-0.3, -0.25) is 0 Å². The van der Waals surface area contributed by atoms with Gasteiger partial charge in [0.1, 0.15) is 0 Å². The molecule has 1 N–H and O–H groups in total. The molecule has 1 aliphatic rings.